The van der Waals surface area contributed by atoms with Crippen molar-refractivity contribution in [2.45, 2.75) is 90.6 Å². The Bertz CT molecular complexity index is 2750. The van der Waals surface area contributed by atoms with Crippen LogP contribution in [0.25, 0.3) is 21.5 Å². The summed E-state index contributed by atoms with van der Waals surface area (Å²) < 4.78 is 16.5. The van der Waals surface area contributed by atoms with Gasteiger partial charge in [-0.05, 0) is 66.0 Å². The first-order valence-corrected chi connectivity index (χ1v) is 24.8. The molecule has 3 unspecified atom stereocenters. The molecule has 0 saturated carbocycles. The van der Waals surface area contributed by atoms with E-state index in [1.807, 2.05) is 31.2 Å². The lowest BCUT2D eigenvalue weighted by Gasteiger charge is -2.35. The van der Waals surface area contributed by atoms with Crippen molar-refractivity contribution in [3.8, 4) is 10.4 Å². The Morgan fingerprint density at radius 1 is 0.904 bits per heavy atom. The zero-order chi connectivity index (χ0) is 52.7. The van der Waals surface area contributed by atoms with Crippen LogP contribution in [0.3, 0.4) is 0 Å². The number of aryl methyl sites for hydroxylation is 3. The van der Waals surface area contributed by atoms with E-state index >= 15 is 0 Å². The van der Waals surface area contributed by atoms with Crippen LogP contribution in [0.4, 0.5) is 5.95 Å². The number of likely N-dealkylation sites (tertiary alicyclic amines) is 1. The van der Waals surface area contributed by atoms with Gasteiger partial charge in [0.1, 0.15) is 30.4 Å². The number of aromatic amines is 2. The number of H-pyrrole nitrogens is 2. The number of carbonyl (C=O) groups is 6. The maximum atomic E-state index is 13.9. The summed E-state index contributed by atoms with van der Waals surface area (Å²) in [5, 5.41) is 31.4. The molecule has 1 aliphatic rings. The van der Waals surface area contributed by atoms with Gasteiger partial charge in [-0.2, -0.15) is 4.98 Å². The molecule has 1 aliphatic heterocycles. The van der Waals surface area contributed by atoms with Crippen LogP contribution in [0.15, 0.2) is 65.0 Å². The summed E-state index contributed by atoms with van der Waals surface area (Å²) in [6.45, 7) is 8.09. The van der Waals surface area contributed by atoms with E-state index < -0.39 is 65.1 Å². The summed E-state index contributed by atoms with van der Waals surface area (Å²) in [6, 6.07) is 11.2. The van der Waals surface area contributed by atoms with Gasteiger partial charge in [0.05, 0.1) is 60.6 Å². The Labute approximate surface area is 425 Å². The zero-order valence-corrected chi connectivity index (χ0v) is 42.1. The molecule has 1 saturated heterocycles. The molecule has 3 aromatic heterocycles. The number of carboxylic acids is 1. The van der Waals surface area contributed by atoms with E-state index in [1.165, 1.54) is 4.90 Å². The zero-order valence-electron chi connectivity index (χ0n) is 41.3. The minimum atomic E-state index is -1.30. The van der Waals surface area contributed by atoms with Gasteiger partial charge in [-0.3, -0.25) is 33.8 Å². The smallest absolute Gasteiger partial charge is 0.326 e. The van der Waals surface area contributed by atoms with Gasteiger partial charge in [-0.15, -0.1) is 11.3 Å². The highest BCUT2D eigenvalue weighted by atomic mass is 32.1. The second kappa shape index (κ2) is 26.1. The topological polar surface area (TPSA) is 322 Å². The summed E-state index contributed by atoms with van der Waals surface area (Å²) in [4.78, 5) is 106. The van der Waals surface area contributed by atoms with Gasteiger partial charge in [0, 0.05) is 44.2 Å². The summed E-state index contributed by atoms with van der Waals surface area (Å²) >= 11 is 1.55. The summed E-state index contributed by atoms with van der Waals surface area (Å²) in [6.07, 6.45) is 1.65. The van der Waals surface area contributed by atoms with Crippen LogP contribution in [0.5, 0.6) is 0 Å². The average Bonchev–Trinajstić information content (AvgIpc) is 4.09. The number of aliphatic hydroxyl groups excluding tert-OH is 1. The molecule has 5 amide bonds. The van der Waals surface area contributed by atoms with Crippen molar-refractivity contribution in [1.29, 1.82) is 0 Å². The van der Waals surface area contributed by atoms with Crippen molar-refractivity contribution in [2.24, 2.45) is 5.41 Å². The van der Waals surface area contributed by atoms with Gasteiger partial charge in [-0.1, -0.05) is 57.2 Å². The number of benzene rings is 2. The Kier molecular flexibility index (Phi) is 19.7. The number of thiazole rings is 1. The van der Waals surface area contributed by atoms with E-state index in [9.17, 15) is 43.8 Å². The fourth-order valence-electron chi connectivity index (χ4n) is 8.13. The third-order valence-corrected chi connectivity index (χ3v) is 13.0. The number of nitrogens with one attached hydrogen (secondary N) is 6. The number of fused-ring (bicyclic) bond motifs is 1. The van der Waals surface area contributed by atoms with Gasteiger partial charge in [0.15, 0.2) is 0 Å². The van der Waals surface area contributed by atoms with Crippen molar-refractivity contribution in [3.63, 3.8) is 0 Å². The third kappa shape index (κ3) is 16.0. The number of amides is 5. The summed E-state index contributed by atoms with van der Waals surface area (Å²) in [5.74, 6) is -3.71. The fraction of sp³-hybridized carbons (Fsp3) is 0.460. The minimum Gasteiger partial charge on any atom is -0.480 e. The van der Waals surface area contributed by atoms with E-state index in [4.69, 9.17) is 19.9 Å². The number of carboxylic acid groups (broad SMARTS) is 1. The Morgan fingerprint density at radius 3 is 2.26 bits per heavy atom. The number of rotatable bonds is 26. The monoisotopic (exact) mass is 1030 g/mol. The molecule has 23 heteroatoms. The molecule has 22 nitrogen and oxygen atoms in total. The number of ether oxygens (including phenoxy) is 3. The molecule has 10 N–H and O–H groups in total. The number of nitrogen functional groups attached to an aromatic ring is 1. The van der Waals surface area contributed by atoms with Gasteiger partial charge < -0.3 is 61.3 Å². The molecular weight excluding hydrogens is 965 g/mol. The molecule has 0 aliphatic carbocycles. The molecule has 2 aromatic carbocycles. The molecule has 4 heterocycles. The Morgan fingerprint density at radius 2 is 1.59 bits per heavy atom. The highest BCUT2D eigenvalue weighted by molar-refractivity contribution is 7.13. The van der Waals surface area contributed by atoms with Crippen LogP contribution in [-0.4, -0.2) is 148 Å². The minimum absolute atomic E-state index is 0.0169. The standard InChI is InChI=1S/C50H64N10O12S/c1-29-41(73-28-55-29)32-10-8-31(9-11-32)24-54-45(65)37-23-35(61)26-60(37)47(67)42(50(2,3)4)57-39(63)27-72-22-21-71-20-19-70-18-17-52-38(62)16-15-36(48(68)69)56-44(64)33-12-5-30(6-13-33)7-14-34-25-53-43-40(34)46(66)59-49(51)58-43/h5-6,8-13,25,28,35-37,42,61H,7,14-24,26-27H2,1-4H3,(H,52,62)(H,54,65)(H,56,64)(H,57,63)(H,68,69)(H4,51,53,58,59,66)/t35-,36?,37?,42?/m1/s1. The lowest BCUT2D eigenvalue weighted by atomic mass is 9.85. The number of aromatic nitrogens is 4. The molecule has 4 atom stereocenters. The van der Waals surface area contributed by atoms with Gasteiger partial charge in [0.25, 0.3) is 11.5 Å². The Balaban J connectivity index is 0.806. The molecule has 73 heavy (non-hydrogen) atoms. The third-order valence-electron chi connectivity index (χ3n) is 12.1. The lowest BCUT2D eigenvalue weighted by Crippen LogP contribution is -2.58. The van der Waals surface area contributed by atoms with E-state index in [2.05, 4.69) is 41.2 Å². The van der Waals surface area contributed by atoms with Crippen LogP contribution < -0.4 is 32.6 Å². The van der Waals surface area contributed by atoms with E-state index in [0.717, 1.165) is 32.8 Å². The largest absolute Gasteiger partial charge is 0.480 e. The van der Waals surface area contributed by atoms with Crippen LogP contribution in [0, 0.1) is 12.3 Å². The predicted molar refractivity (Wildman–Crippen MR) is 270 cm³/mol. The first-order valence-electron chi connectivity index (χ1n) is 23.9. The molecule has 1 fully saturated rings. The fourth-order valence-corrected chi connectivity index (χ4v) is 8.94. The highest BCUT2D eigenvalue weighted by Crippen LogP contribution is 2.28. The van der Waals surface area contributed by atoms with Crippen molar-refractivity contribution in [3.05, 3.63) is 98.5 Å². The summed E-state index contributed by atoms with van der Waals surface area (Å²) in [7, 11) is 0. The quantitative estimate of drug-likeness (QED) is 0.0358. The number of anilines is 1. The first-order chi connectivity index (χ1) is 34.9. The molecule has 0 spiro atoms. The number of aliphatic hydroxyl groups is 1. The Hall–Kier alpha value is -7.05. The SMILES string of the molecule is Cc1ncsc1-c1ccc(CNC(=O)C2C[C@@H](O)CN2C(=O)C(NC(=O)COCCOCCOCCNC(=O)CCC(NC(=O)c2ccc(CCc3c[nH]c4nc(N)[nH]c(=O)c34)cc2)C(=O)O)C(C)(C)C)cc1. The van der Waals surface area contributed by atoms with Crippen LogP contribution >= 0.6 is 11.3 Å². The van der Waals surface area contributed by atoms with Crippen LogP contribution in [-0.2, 0) is 57.6 Å². The van der Waals surface area contributed by atoms with E-state index in [0.29, 0.717) is 23.9 Å². The predicted octanol–water partition coefficient (Wildman–Crippen LogP) is 1.99. The second-order valence-electron chi connectivity index (χ2n) is 18.7. The van der Waals surface area contributed by atoms with Crippen molar-refractivity contribution >= 4 is 63.8 Å². The first kappa shape index (κ1) is 55.3. The van der Waals surface area contributed by atoms with Crippen LogP contribution in [0.1, 0.15) is 72.8 Å². The van der Waals surface area contributed by atoms with Gasteiger partial charge in [0.2, 0.25) is 29.6 Å². The maximum absolute atomic E-state index is 13.9. The maximum Gasteiger partial charge on any atom is 0.326 e. The van der Waals surface area contributed by atoms with E-state index in [-0.39, 0.29) is 95.6 Å². The van der Waals surface area contributed by atoms with Crippen molar-refractivity contribution in [2.75, 3.05) is 58.5 Å². The van der Waals surface area contributed by atoms with Crippen molar-refractivity contribution < 1.29 is 53.2 Å². The average molecular weight is 1030 g/mol. The summed E-state index contributed by atoms with van der Waals surface area (Å²) in [5.41, 5.74) is 11.5. The molecule has 5 aromatic rings. The number of hydrogen-bond donors (Lipinski definition) is 9. The van der Waals surface area contributed by atoms with Gasteiger partial charge in [-0.25, -0.2) is 9.78 Å². The van der Waals surface area contributed by atoms with E-state index in [1.54, 1.807) is 68.1 Å². The number of nitrogens with two attached hydrogens (primary N) is 1. The number of aliphatic carboxylic acids is 1. The van der Waals surface area contributed by atoms with Gasteiger partial charge >= 0.3 is 5.97 Å². The molecule has 6 rings (SSSR count). The normalized spacial score (nSPS) is 15.4. The lowest BCUT2D eigenvalue weighted by molar-refractivity contribution is -0.144. The molecule has 0 radical (unpaired) electrons. The number of β-amino-alcohol motifs (C(OH)–C–C–N with tert-alkyl or cyclic N) is 1. The number of nitrogens with zero attached hydrogens (tertiary/aromatic N) is 3. The second-order valence-corrected chi connectivity index (χ2v) is 19.5. The highest BCUT2D eigenvalue weighted by Gasteiger charge is 2.44. The number of carbonyl (C=O) groups excluding carboxylic acids is 5. The number of hydrogen-bond acceptors (Lipinski definition) is 15. The molecular formula is C50H64N10O12S. The molecule has 0 bridgehead atoms. The van der Waals surface area contributed by atoms with Crippen molar-refractivity contribution in [1.82, 2.24) is 46.1 Å². The molecule has 392 valence electrons. The van der Waals surface area contributed by atoms with Crippen LogP contribution in [0.2, 0.25) is 0 Å².